The molecule has 1 fully saturated rings. The molecule has 0 radical (unpaired) electrons. The van der Waals surface area contributed by atoms with E-state index < -0.39 is 0 Å². The standard InChI is InChI=1S/C30H32N4O3/c1-37-28-14-8-5-11-24(28)19-31-29(35)22-32-15-17-33(18-16-32)30(36)26-21-34(20-23-9-3-2-4-10-23)27-13-7-6-12-25(26)27/h2-14,21H,15-20,22H2,1H3,(H,31,35). The number of aromatic nitrogens is 1. The van der Waals surface area contributed by atoms with Crippen LogP contribution < -0.4 is 10.1 Å². The Kier molecular flexibility index (Phi) is 7.51. The number of ether oxygens (including phenoxy) is 1. The molecule has 0 bridgehead atoms. The molecule has 0 atom stereocenters. The first-order valence-corrected chi connectivity index (χ1v) is 12.6. The van der Waals surface area contributed by atoms with Gasteiger partial charge in [-0.25, -0.2) is 0 Å². The number of amides is 2. The van der Waals surface area contributed by atoms with Crippen molar-refractivity contribution in [1.82, 2.24) is 19.7 Å². The number of nitrogens with one attached hydrogen (secondary N) is 1. The van der Waals surface area contributed by atoms with E-state index in [4.69, 9.17) is 4.74 Å². The van der Waals surface area contributed by atoms with Crippen LogP contribution in [0.15, 0.2) is 85.1 Å². The van der Waals surface area contributed by atoms with Gasteiger partial charge in [-0.3, -0.25) is 14.5 Å². The Morgan fingerprint density at radius 3 is 2.35 bits per heavy atom. The van der Waals surface area contributed by atoms with Gasteiger partial charge in [-0.05, 0) is 17.7 Å². The molecule has 1 aliphatic heterocycles. The van der Waals surface area contributed by atoms with Crippen molar-refractivity contribution in [2.24, 2.45) is 0 Å². The molecule has 0 saturated carbocycles. The monoisotopic (exact) mass is 496 g/mol. The first-order chi connectivity index (χ1) is 18.1. The molecule has 3 aromatic carbocycles. The first-order valence-electron chi connectivity index (χ1n) is 12.6. The van der Waals surface area contributed by atoms with E-state index in [1.54, 1.807) is 7.11 Å². The maximum atomic E-state index is 13.5. The summed E-state index contributed by atoms with van der Waals surface area (Å²) in [4.78, 5) is 30.1. The van der Waals surface area contributed by atoms with Crippen molar-refractivity contribution in [3.8, 4) is 5.75 Å². The number of carbonyl (C=O) groups excluding carboxylic acids is 2. The van der Waals surface area contributed by atoms with Crippen LogP contribution in [-0.2, 0) is 17.9 Å². The average Bonchev–Trinajstić information content (AvgIpc) is 3.31. The number of benzene rings is 3. The molecule has 1 N–H and O–H groups in total. The first kappa shape index (κ1) is 24.6. The number of rotatable bonds is 8. The maximum Gasteiger partial charge on any atom is 0.256 e. The van der Waals surface area contributed by atoms with E-state index in [1.807, 2.05) is 71.8 Å². The van der Waals surface area contributed by atoms with Gasteiger partial charge in [0.1, 0.15) is 5.75 Å². The lowest BCUT2D eigenvalue weighted by Crippen LogP contribution is -2.51. The van der Waals surface area contributed by atoms with Gasteiger partial charge in [0, 0.05) is 61.9 Å². The zero-order valence-corrected chi connectivity index (χ0v) is 21.1. The molecule has 7 nitrogen and oxygen atoms in total. The summed E-state index contributed by atoms with van der Waals surface area (Å²) in [5.74, 6) is 0.776. The smallest absolute Gasteiger partial charge is 0.256 e. The van der Waals surface area contributed by atoms with Gasteiger partial charge in [-0.15, -0.1) is 0 Å². The molecule has 7 heteroatoms. The largest absolute Gasteiger partial charge is 0.496 e. The number of para-hydroxylation sites is 2. The van der Waals surface area contributed by atoms with Crippen molar-refractivity contribution in [2.45, 2.75) is 13.1 Å². The zero-order chi connectivity index (χ0) is 25.6. The van der Waals surface area contributed by atoms with Crippen LogP contribution in [0.5, 0.6) is 5.75 Å². The summed E-state index contributed by atoms with van der Waals surface area (Å²) in [6, 6.07) is 26.0. The molecular weight excluding hydrogens is 464 g/mol. The lowest BCUT2D eigenvalue weighted by atomic mass is 10.1. The number of hydrogen-bond acceptors (Lipinski definition) is 4. The van der Waals surface area contributed by atoms with E-state index in [0.29, 0.717) is 45.8 Å². The van der Waals surface area contributed by atoms with Gasteiger partial charge in [-0.2, -0.15) is 0 Å². The fourth-order valence-corrected chi connectivity index (χ4v) is 4.91. The fourth-order valence-electron chi connectivity index (χ4n) is 4.91. The highest BCUT2D eigenvalue weighted by molar-refractivity contribution is 6.07. The van der Waals surface area contributed by atoms with Crippen LogP contribution in [0.4, 0.5) is 0 Å². The lowest BCUT2D eigenvalue weighted by molar-refractivity contribution is -0.122. The summed E-state index contributed by atoms with van der Waals surface area (Å²) in [7, 11) is 1.63. The van der Waals surface area contributed by atoms with Crippen molar-refractivity contribution in [1.29, 1.82) is 0 Å². The van der Waals surface area contributed by atoms with Crippen LogP contribution in [0.2, 0.25) is 0 Å². The SMILES string of the molecule is COc1ccccc1CNC(=O)CN1CCN(C(=O)c2cn(Cc3ccccc3)c3ccccc23)CC1. The van der Waals surface area contributed by atoms with E-state index in [9.17, 15) is 9.59 Å². The molecule has 0 unspecified atom stereocenters. The van der Waals surface area contributed by atoms with Gasteiger partial charge >= 0.3 is 0 Å². The van der Waals surface area contributed by atoms with Gasteiger partial charge in [0.2, 0.25) is 5.91 Å². The lowest BCUT2D eigenvalue weighted by Gasteiger charge is -2.34. The van der Waals surface area contributed by atoms with Crippen LogP contribution >= 0.6 is 0 Å². The summed E-state index contributed by atoms with van der Waals surface area (Å²) < 4.78 is 7.51. The molecule has 1 aromatic heterocycles. The highest BCUT2D eigenvalue weighted by atomic mass is 16.5. The minimum atomic E-state index is -0.0327. The Morgan fingerprint density at radius 2 is 1.57 bits per heavy atom. The van der Waals surface area contributed by atoms with Crippen LogP contribution in [0.3, 0.4) is 0 Å². The number of methoxy groups -OCH3 is 1. The Labute approximate surface area is 217 Å². The highest BCUT2D eigenvalue weighted by Crippen LogP contribution is 2.24. The van der Waals surface area contributed by atoms with Crippen LogP contribution in [0, 0.1) is 0 Å². The Balaban J connectivity index is 1.19. The van der Waals surface area contributed by atoms with Crippen LogP contribution in [-0.4, -0.2) is 66.0 Å². The van der Waals surface area contributed by atoms with Crippen LogP contribution in [0.1, 0.15) is 21.5 Å². The van der Waals surface area contributed by atoms with Crippen LogP contribution in [0.25, 0.3) is 10.9 Å². The number of fused-ring (bicyclic) bond motifs is 1. The number of carbonyl (C=O) groups is 2. The minimum Gasteiger partial charge on any atom is -0.496 e. The second-order valence-corrected chi connectivity index (χ2v) is 9.33. The predicted molar refractivity (Wildman–Crippen MR) is 145 cm³/mol. The molecule has 190 valence electrons. The Bertz CT molecular complexity index is 1370. The zero-order valence-electron chi connectivity index (χ0n) is 21.1. The van der Waals surface area contributed by atoms with E-state index in [0.717, 1.165) is 27.8 Å². The van der Waals surface area contributed by atoms with E-state index >= 15 is 0 Å². The summed E-state index contributed by atoms with van der Waals surface area (Å²) in [6.07, 6.45) is 1.98. The second-order valence-electron chi connectivity index (χ2n) is 9.33. The van der Waals surface area contributed by atoms with Crippen molar-refractivity contribution in [3.63, 3.8) is 0 Å². The average molecular weight is 497 g/mol. The molecular formula is C30H32N4O3. The fraction of sp³-hybridized carbons (Fsp3) is 0.267. The molecule has 4 aromatic rings. The highest BCUT2D eigenvalue weighted by Gasteiger charge is 2.25. The van der Waals surface area contributed by atoms with Gasteiger partial charge in [0.15, 0.2) is 0 Å². The maximum absolute atomic E-state index is 13.5. The molecule has 0 spiro atoms. The van der Waals surface area contributed by atoms with Crippen molar-refractivity contribution in [3.05, 3.63) is 102 Å². The molecule has 2 heterocycles. The summed E-state index contributed by atoms with van der Waals surface area (Å²) in [6.45, 7) is 3.97. The van der Waals surface area contributed by atoms with Gasteiger partial charge in [0.25, 0.3) is 5.91 Å². The predicted octanol–water partition coefficient (Wildman–Crippen LogP) is 3.77. The summed E-state index contributed by atoms with van der Waals surface area (Å²) in [5, 5.41) is 3.95. The third-order valence-electron chi connectivity index (χ3n) is 6.91. The second kappa shape index (κ2) is 11.3. The van der Waals surface area contributed by atoms with Crippen molar-refractivity contribution < 1.29 is 14.3 Å². The van der Waals surface area contributed by atoms with E-state index in [-0.39, 0.29) is 11.8 Å². The summed E-state index contributed by atoms with van der Waals surface area (Å²) in [5.41, 5.74) is 3.93. The molecule has 2 amide bonds. The third-order valence-corrected chi connectivity index (χ3v) is 6.91. The summed E-state index contributed by atoms with van der Waals surface area (Å²) >= 11 is 0. The quantitative estimate of drug-likeness (QED) is 0.403. The van der Waals surface area contributed by atoms with Gasteiger partial charge in [-0.1, -0.05) is 66.7 Å². The molecule has 1 saturated heterocycles. The third kappa shape index (κ3) is 5.67. The molecule has 1 aliphatic rings. The normalized spacial score (nSPS) is 14.0. The number of hydrogen-bond donors (Lipinski definition) is 1. The number of piperazine rings is 1. The van der Waals surface area contributed by atoms with Gasteiger partial charge in [0.05, 0.1) is 19.2 Å². The Hall–Kier alpha value is -4.10. The molecule has 5 rings (SSSR count). The van der Waals surface area contributed by atoms with Gasteiger partial charge < -0.3 is 19.5 Å². The molecule has 37 heavy (non-hydrogen) atoms. The number of nitrogens with zero attached hydrogens (tertiary/aromatic N) is 3. The van der Waals surface area contributed by atoms with Crippen molar-refractivity contribution >= 4 is 22.7 Å². The topological polar surface area (TPSA) is 66.8 Å². The van der Waals surface area contributed by atoms with E-state index in [1.165, 1.54) is 5.56 Å². The minimum absolute atomic E-state index is 0.0327. The van der Waals surface area contributed by atoms with Crippen molar-refractivity contribution in [2.75, 3.05) is 39.8 Å². The molecule has 0 aliphatic carbocycles. The Morgan fingerprint density at radius 1 is 0.865 bits per heavy atom. The van der Waals surface area contributed by atoms with E-state index in [2.05, 4.69) is 33.0 Å².